The van der Waals surface area contributed by atoms with Gasteiger partial charge in [0, 0.05) is 42.0 Å². The van der Waals surface area contributed by atoms with E-state index in [1.807, 2.05) is 35.0 Å². The number of anilines is 1. The van der Waals surface area contributed by atoms with Crippen LogP contribution in [0.5, 0.6) is 0 Å². The van der Waals surface area contributed by atoms with Crippen LogP contribution in [0, 0.1) is 11.8 Å². The third kappa shape index (κ3) is 6.32. The highest BCUT2D eigenvalue weighted by atomic mass is 35.5. The fourth-order valence-electron chi connectivity index (χ4n) is 6.82. The van der Waals surface area contributed by atoms with Gasteiger partial charge in [-0.25, -0.2) is 9.97 Å². The molecule has 1 saturated heterocycles. The van der Waals surface area contributed by atoms with Crippen molar-refractivity contribution in [3.05, 3.63) is 76.4 Å². The summed E-state index contributed by atoms with van der Waals surface area (Å²) in [6, 6.07) is 11.9. The fraction of sp³-hybridized carbons (Fsp3) is 0.400. The predicted octanol–water partition coefficient (Wildman–Crippen LogP) is 5.14. The number of halogens is 3. The minimum atomic E-state index is -0.943. The number of aromatic amines is 1. The summed E-state index contributed by atoms with van der Waals surface area (Å²) in [5.41, 5.74) is 11.0. The van der Waals surface area contributed by atoms with Gasteiger partial charge in [-0.05, 0) is 67.4 Å². The number of fused-ring (bicyclic) bond motifs is 1. The first-order valence-corrected chi connectivity index (χ1v) is 15.6. The van der Waals surface area contributed by atoms with Crippen molar-refractivity contribution in [2.75, 3.05) is 18.8 Å². The Morgan fingerprint density at radius 1 is 1.02 bits per heavy atom. The summed E-state index contributed by atoms with van der Waals surface area (Å²) in [5, 5.41) is 33.3. The fourth-order valence-corrected chi connectivity index (χ4v) is 7.83. The van der Waals surface area contributed by atoms with E-state index in [0.717, 1.165) is 60.9 Å². The van der Waals surface area contributed by atoms with Gasteiger partial charge in [0.2, 0.25) is 5.28 Å². The normalized spacial score (nSPS) is 22.6. The maximum Gasteiger partial charge on any atom is 0.226 e. The molecule has 0 spiro atoms. The number of thiazole rings is 1. The molecule has 5 aromatic rings. The third-order valence-electron chi connectivity index (χ3n) is 8.93. The molecule has 0 amide bonds. The minimum absolute atomic E-state index is 0. The van der Waals surface area contributed by atoms with E-state index >= 15 is 0 Å². The number of hydrogen-bond acceptors (Lipinski definition) is 9. The molecule has 44 heavy (non-hydrogen) atoms. The van der Waals surface area contributed by atoms with Crippen molar-refractivity contribution >= 4 is 64.6 Å². The third-order valence-corrected chi connectivity index (χ3v) is 10.0. The monoisotopic (exact) mass is 676 g/mol. The number of benzene rings is 1. The Labute approximate surface area is 276 Å². The summed E-state index contributed by atoms with van der Waals surface area (Å²) < 4.78 is 1.94. The Hall–Kier alpha value is -2.77. The van der Waals surface area contributed by atoms with Crippen molar-refractivity contribution in [3.8, 4) is 10.6 Å². The Morgan fingerprint density at radius 2 is 1.80 bits per heavy atom. The summed E-state index contributed by atoms with van der Waals surface area (Å²) in [4.78, 5) is 16.1. The Bertz CT molecular complexity index is 1670. The summed E-state index contributed by atoms with van der Waals surface area (Å²) in [7, 11) is 0. The van der Waals surface area contributed by atoms with E-state index in [-0.39, 0.29) is 47.9 Å². The second kappa shape index (κ2) is 13.7. The number of nitrogens with one attached hydrogen (secondary N) is 1. The summed E-state index contributed by atoms with van der Waals surface area (Å²) >= 11 is 7.82. The Balaban J connectivity index is 0.00000192. The van der Waals surface area contributed by atoms with Gasteiger partial charge in [-0.2, -0.15) is 10.1 Å². The van der Waals surface area contributed by atoms with Gasteiger partial charge in [0.25, 0.3) is 0 Å². The van der Waals surface area contributed by atoms with Gasteiger partial charge in [0.05, 0.1) is 23.2 Å². The standard InChI is InChI=1S/C30H33ClN8O2S.2ClH/c31-30-35-27(32)24-22(29-34-20(16-42-29)12-17-4-2-1-3-5-17)15-39(28(24)36-30)23-13-21(25(40)26(23)41)18-7-10-38(11-8-18)14-19-6-9-33-37-19;;/h1-6,9,15-16,18,21,23,25-26,40-41H,7-8,10-14H2,(H,33,37)(H2,32,35,36);2*1H/t21-,23-,25-,26+;;/m1../s1. The van der Waals surface area contributed by atoms with Crippen LogP contribution in [0.25, 0.3) is 21.6 Å². The van der Waals surface area contributed by atoms with E-state index in [9.17, 15) is 10.2 Å². The maximum atomic E-state index is 11.4. The molecule has 2 fully saturated rings. The number of aliphatic hydroxyl groups excluding tert-OH is 2. The van der Waals surface area contributed by atoms with Crippen LogP contribution < -0.4 is 5.73 Å². The molecule has 7 rings (SSSR count). The molecular weight excluding hydrogens is 643 g/mol. The van der Waals surface area contributed by atoms with E-state index in [2.05, 4.69) is 42.6 Å². The van der Waals surface area contributed by atoms with Gasteiger partial charge in [0.1, 0.15) is 22.6 Å². The first-order valence-electron chi connectivity index (χ1n) is 14.3. The van der Waals surface area contributed by atoms with Gasteiger partial charge in [-0.15, -0.1) is 36.2 Å². The Morgan fingerprint density at radius 3 is 2.52 bits per heavy atom. The number of nitrogens with two attached hydrogens (primary N) is 1. The van der Waals surface area contributed by atoms with Crippen molar-refractivity contribution in [2.45, 2.75) is 50.5 Å². The Kier molecular flexibility index (Phi) is 10.2. The molecule has 1 saturated carbocycles. The van der Waals surface area contributed by atoms with E-state index in [1.54, 1.807) is 17.5 Å². The zero-order valence-electron chi connectivity index (χ0n) is 23.8. The highest BCUT2D eigenvalue weighted by Crippen LogP contribution is 2.46. The molecule has 4 aromatic heterocycles. The molecule has 4 atom stereocenters. The zero-order chi connectivity index (χ0) is 28.8. The lowest BCUT2D eigenvalue weighted by Crippen LogP contribution is -2.39. The number of nitrogens with zero attached hydrogens (tertiary/aromatic N) is 6. The average molecular weight is 678 g/mol. The predicted molar refractivity (Wildman–Crippen MR) is 178 cm³/mol. The van der Waals surface area contributed by atoms with Crippen molar-refractivity contribution in [2.24, 2.45) is 11.8 Å². The number of nitrogen functional groups attached to an aromatic ring is 1. The molecule has 0 unspecified atom stereocenters. The van der Waals surface area contributed by atoms with E-state index < -0.39 is 12.2 Å². The number of H-pyrrole nitrogens is 1. The smallest absolute Gasteiger partial charge is 0.226 e. The van der Waals surface area contributed by atoms with Crippen molar-refractivity contribution in [3.63, 3.8) is 0 Å². The van der Waals surface area contributed by atoms with Gasteiger partial charge in [0.15, 0.2) is 0 Å². The summed E-state index contributed by atoms with van der Waals surface area (Å²) in [5.74, 6) is 0.571. The lowest BCUT2D eigenvalue weighted by molar-refractivity contribution is -0.0126. The number of aliphatic hydroxyl groups is 2. The quantitative estimate of drug-likeness (QED) is 0.174. The topological polar surface area (TPSA) is 142 Å². The van der Waals surface area contributed by atoms with Gasteiger partial charge in [-0.1, -0.05) is 30.3 Å². The van der Waals surface area contributed by atoms with Crippen LogP contribution in [-0.2, 0) is 13.0 Å². The molecule has 0 bridgehead atoms. The van der Waals surface area contributed by atoms with Crippen LogP contribution in [0.4, 0.5) is 5.82 Å². The maximum absolute atomic E-state index is 11.4. The number of likely N-dealkylation sites (tertiary alicyclic amines) is 1. The van der Waals surface area contributed by atoms with E-state index in [0.29, 0.717) is 23.4 Å². The lowest BCUT2D eigenvalue weighted by atomic mass is 9.82. The second-order valence-electron chi connectivity index (χ2n) is 11.5. The van der Waals surface area contributed by atoms with Crippen LogP contribution >= 0.6 is 47.8 Å². The van der Waals surface area contributed by atoms with Gasteiger partial charge >= 0.3 is 0 Å². The first kappa shape index (κ1) is 32.6. The summed E-state index contributed by atoms with van der Waals surface area (Å²) in [6.45, 7) is 2.73. The molecule has 2 aliphatic rings. The van der Waals surface area contributed by atoms with Crippen LogP contribution in [0.2, 0.25) is 5.28 Å². The van der Waals surface area contributed by atoms with E-state index in [1.165, 1.54) is 5.56 Å². The molecule has 5 heterocycles. The first-order chi connectivity index (χ1) is 20.4. The molecule has 234 valence electrons. The minimum Gasteiger partial charge on any atom is -0.390 e. The molecule has 10 nitrogen and oxygen atoms in total. The van der Waals surface area contributed by atoms with Gasteiger partial charge < -0.3 is 20.5 Å². The number of rotatable bonds is 7. The zero-order valence-corrected chi connectivity index (χ0v) is 27.0. The molecular formula is C30H35Cl3N8O2S. The lowest BCUT2D eigenvalue weighted by Gasteiger charge is -2.35. The van der Waals surface area contributed by atoms with Crippen molar-refractivity contribution in [1.82, 2.24) is 34.6 Å². The second-order valence-corrected chi connectivity index (χ2v) is 12.7. The molecule has 14 heteroatoms. The van der Waals surface area contributed by atoms with Crippen molar-refractivity contribution < 1.29 is 10.2 Å². The number of hydrogen-bond donors (Lipinski definition) is 4. The van der Waals surface area contributed by atoms with Crippen molar-refractivity contribution in [1.29, 1.82) is 0 Å². The number of piperidine rings is 1. The summed E-state index contributed by atoms with van der Waals surface area (Å²) in [6.07, 6.45) is 5.26. The molecule has 5 N–H and O–H groups in total. The largest absolute Gasteiger partial charge is 0.390 e. The molecule has 0 radical (unpaired) electrons. The SMILES string of the molecule is Cl.Cl.Nc1nc(Cl)nc2c1c(-c1nc(Cc3ccccc3)cs1)cn2[C@@H]1C[C@H](C2CCN(Cc3ccn[nH]3)CC2)[C@@H](O)[C@H]1O. The van der Waals surface area contributed by atoms with E-state index in [4.69, 9.17) is 22.3 Å². The van der Waals surface area contributed by atoms with Crippen LogP contribution in [0.1, 0.15) is 42.3 Å². The number of aromatic nitrogens is 6. The van der Waals surface area contributed by atoms with Crippen LogP contribution in [0.15, 0.2) is 54.2 Å². The van der Waals surface area contributed by atoms with Crippen LogP contribution in [0.3, 0.4) is 0 Å². The highest BCUT2D eigenvalue weighted by Gasteiger charge is 2.46. The molecule has 1 aliphatic heterocycles. The van der Waals surface area contributed by atoms with Crippen LogP contribution in [-0.4, -0.2) is 70.1 Å². The van der Waals surface area contributed by atoms with Gasteiger partial charge in [-0.3, -0.25) is 10.00 Å². The highest BCUT2D eigenvalue weighted by molar-refractivity contribution is 7.13. The average Bonchev–Trinajstić information content (AvgIpc) is 3.79. The molecule has 1 aliphatic carbocycles. The molecule has 1 aromatic carbocycles.